The molecular formula is C18H16F3N. The van der Waals surface area contributed by atoms with Crippen molar-refractivity contribution in [1.82, 2.24) is 5.32 Å². The van der Waals surface area contributed by atoms with Crippen LogP contribution in [0.1, 0.15) is 24.4 Å². The van der Waals surface area contributed by atoms with Gasteiger partial charge in [-0.15, -0.1) is 0 Å². The fourth-order valence-corrected chi connectivity index (χ4v) is 2.77. The first kappa shape index (κ1) is 14.7. The van der Waals surface area contributed by atoms with Gasteiger partial charge in [-0.1, -0.05) is 42.5 Å². The van der Waals surface area contributed by atoms with Crippen molar-refractivity contribution in [2.45, 2.75) is 25.1 Å². The molecule has 1 heterocycles. The molecule has 0 saturated heterocycles. The van der Waals surface area contributed by atoms with Crippen LogP contribution in [0.5, 0.6) is 0 Å². The van der Waals surface area contributed by atoms with Crippen molar-refractivity contribution < 1.29 is 13.2 Å². The number of hydrogen-bond donors (Lipinski definition) is 1. The van der Waals surface area contributed by atoms with Crippen LogP contribution in [0, 0.1) is 0 Å². The van der Waals surface area contributed by atoms with Crippen molar-refractivity contribution in [2.24, 2.45) is 0 Å². The minimum atomic E-state index is -4.31. The predicted octanol–water partition coefficient (Wildman–Crippen LogP) is 4.98. The lowest BCUT2D eigenvalue weighted by Crippen LogP contribution is -2.20. The number of benzene rings is 1. The van der Waals surface area contributed by atoms with Gasteiger partial charge in [-0.25, -0.2) is 0 Å². The quantitative estimate of drug-likeness (QED) is 0.812. The van der Waals surface area contributed by atoms with Crippen LogP contribution in [0.3, 0.4) is 0 Å². The SMILES string of the molecule is FC(F)(F)C1=CCCC=C1C1=CC(c2ccccc2)NC=C1. The first-order valence-electron chi connectivity index (χ1n) is 7.23. The van der Waals surface area contributed by atoms with Crippen molar-refractivity contribution in [1.29, 1.82) is 0 Å². The summed E-state index contributed by atoms with van der Waals surface area (Å²) in [7, 11) is 0. The van der Waals surface area contributed by atoms with Gasteiger partial charge in [0.15, 0.2) is 0 Å². The average molecular weight is 303 g/mol. The molecule has 1 N–H and O–H groups in total. The molecule has 2 aliphatic rings. The molecule has 1 aliphatic heterocycles. The number of hydrogen-bond acceptors (Lipinski definition) is 1. The zero-order valence-electron chi connectivity index (χ0n) is 11.9. The van der Waals surface area contributed by atoms with Crippen molar-refractivity contribution >= 4 is 0 Å². The van der Waals surface area contributed by atoms with Crippen molar-refractivity contribution in [2.75, 3.05) is 0 Å². The van der Waals surface area contributed by atoms with E-state index in [9.17, 15) is 13.2 Å². The molecular weight excluding hydrogens is 287 g/mol. The van der Waals surface area contributed by atoms with E-state index in [-0.39, 0.29) is 11.6 Å². The monoisotopic (exact) mass is 303 g/mol. The van der Waals surface area contributed by atoms with Crippen LogP contribution in [0.15, 0.2) is 77.6 Å². The normalized spacial score (nSPS) is 21.6. The summed E-state index contributed by atoms with van der Waals surface area (Å²) in [6.45, 7) is 0. The van der Waals surface area contributed by atoms with Gasteiger partial charge >= 0.3 is 6.18 Å². The lowest BCUT2D eigenvalue weighted by Gasteiger charge is -2.24. The van der Waals surface area contributed by atoms with E-state index >= 15 is 0 Å². The molecule has 1 aromatic rings. The van der Waals surface area contributed by atoms with Crippen LogP contribution in [0.4, 0.5) is 13.2 Å². The highest BCUT2D eigenvalue weighted by Crippen LogP contribution is 2.39. The molecule has 0 saturated carbocycles. The van der Waals surface area contributed by atoms with Crippen LogP contribution in [0.2, 0.25) is 0 Å². The molecule has 4 heteroatoms. The molecule has 0 aromatic heterocycles. The van der Waals surface area contributed by atoms with Crippen molar-refractivity contribution in [3.8, 4) is 0 Å². The second-order valence-corrected chi connectivity index (χ2v) is 5.32. The smallest absolute Gasteiger partial charge is 0.381 e. The Balaban J connectivity index is 1.93. The zero-order chi connectivity index (χ0) is 15.6. The van der Waals surface area contributed by atoms with E-state index in [1.165, 1.54) is 6.08 Å². The first-order chi connectivity index (χ1) is 10.6. The zero-order valence-corrected chi connectivity index (χ0v) is 11.9. The Hall–Kier alpha value is -2.23. The van der Waals surface area contributed by atoms with Gasteiger partial charge in [0.2, 0.25) is 0 Å². The highest BCUT2D eigenvalue weighted by Gasteiger charge is 2.37. The minimum absolute atomic E-state index is 0.112. The van der Waals surface area contributed by atoms with E-state index in [1.807, 2.05) is 36.4 Å². The summed E-state index contributed by atoms with van der Waals surface area (Å²) in [5.74, 6) is 0. The number of dihydropyridines is 1. The summed E-state index contributed by atoms with van der Waals surface area (Å²) in [5, 5.41) is 3.17. The maximum absolute atomic E-state index is 13.2. The third-order valence-corrected chi connectivity index (χ3v) is 3.81. The number of allylic oxidation sites excluding steroid dienone is 6. The van der Waals surface area contributed by atoms with Gasteiger partial charge in [-0.3, -0.25) is 0 Å². The van der Waals surface area contributed by atoms with E-state index in [1.54, 1.807) is 18.4 Å². The van der Waals surface area contributed by atoms with E-state index in [0.717, 1.165) is 5.56 Å². The van der Waals surface area contributed by atoms with E-state index < -0.39 is 11.7 Å². The first-order valence-corrected chi connectivity index (χ1v) is 7.23. The predicted molar refractivity (Wildman–Crippen MR) is 81.0 cm³/mol. The van der Waals surface area contributed by atoms with Crippen LogP contribution in [-0.2, 0) is 0 Å². The lowest BCUT2D eigenvalue weighted by atomic mass is 9.88. The van der Waals surface area contributed by atoms with Gasteiger partial charge in [-0.2, -0.15) is 13.2 Å². The highest BCUT2D eigenvalue weighted by molar-refractivity contribution is 5.56. The Morgan fingerprint density at radius 1 is 1.00 bits per heavy atom. The maximum Gasteiger partial charge on any atom is 0.416 e. The molecule has 0 spiro atoms. The van der Waals surface area contributed by atoms with E-state index in [0.29, 0.717) is 18.4 Å². The van der Waals surface area contributed by atoms with Gasteiger partial charge in [-0.05, 0) is 47.9 Å². The molecule has 0 amide bonds. The standard InChI is InChI=1S/C18H16F3N/c19-18(20,21)16-9-5-4-8-15(16)14-10-11-22-17(12-14)13-6-2-1-3-7-13/h1-3,6-12,17,22H,4-5H2. The minimum Gasteiger partial charge on any atom is -0.381 e. The van der Waals surface area contributed by atoms with E-state index in [4.69, 9.17) is 0 Å². The van der Waals surface area contributed by atoms with Gasteiger partial charge in [0.1, 0.15) is 0 Å². The Morgan fingerprint density at radius 3 is 2.45 bits per heavy atom. The van der Waals surface area contributed by atoms with Crippen LogP contribution in [0.25, 0.3) is 0 Å². The molecule has 1 unspecified atom stereocenters. The third kappa shape index (κ3) is 3.01. The third-order valence-electron chi connectivity index (χ3n) is 3.81. The molecule has 0 radical (unpaired) electrons. The Bertz CT molecular complexity index is 663. The molecule has 114 valence electrons. The lowest BCUT2D eigenvalue weighted by molar-refractivity contribution is -0.0895. The van der Waals surface area contributed by atoms with Crippen molar-refractivity contribution in [3.63, 3.8) is 0 Å². The van der Waals surface area contributed by atoms with Crippen LogP contribution >= 0.6 is 0 Å². The fourth-order valence-electron chi connectivity index (χ4n) is 2.77. The second-order valence-electron chi connectivity index (χ2n) is 5.32. The molecule has 1 aromatic carbocycles. The largest absolute Gasteiger partial charge is 0.416 e. The Morgan fingerprint density at radius 2 is 1.73 bits per heavy atom. The molecule has 1 nitrogen and oxygen atoms in total. The molecule has 1 atom stereocenters. The van der Waals surface area contributed by atoms with Gasteiger partial charge in [0, 0.05) is 0 Å². The number of rotatable bonds is 2. The molecule has 0 fully saturated rings. The maximum atomic E-state index is 13.2. The van der Waals surface area contributed by atoms with E-state index in [2.05, 4.69) is 5.32 Å². The molecule has 22 heavy (non-hydrogen) atoms. The highest BCUT2D eigenvalue weighted by atomic mass is 19.4. The topological polar surface area (TPSA) is 12.0 Å². The van der Waals surface area contributed by atoms with Gasteiger partial charge in [0.05, 0.1) is 11.6 Å². The van der Waals surface area contributed by atoms with Gasteiger partial charge < -0.3 is 5.32 Å². The number of halogens is 3. The summed E-state index contributed by atoms with van der Waals surface area (Å²) in [6, 6.07) is 9.56. The van der Waals surface area contributed by atoms with Crippen molar-refractivity contribution in [3.05, 3.63) is 83.1 Å². The summed E-state index contributed by atoms with van der Waals surface area (Å²) in [4.78, 5) is 0. The number of nitrogens with one attached hydrogen (secondary N) is 1. The average Bonchev–Trinajstić information content (AvgIpc) is 2.55. The van der Waals surface area contributed by atoms with Gasteiger partial charge in [0.25, 0.3) is 0 Å². The Kier molecular flexibility index (Phi) is 3.92. The summed E-state index contributed by atoms with van der Waals surface area (Å²) >= 11 is 0. The molecule has 3 rings (SSSR count). The molecule has 1 aliphatic carbocycles. The summed E-state index contributed by atoms with van der Waals surface area (Å²) < 4.78 is 39.6. The van der Waals surface area contributed by atoms with Crippen LogP contribution in [-0.4, -0.2) is 6.18 Å². The fraction of sp³-hybridized carbons (Fsp3) is 0.222. The number of alkyl halides is 3. The summed E-state index contributed by atoms with van der Waals surface area (Å²) in [5.41, 5.74) is 1.41. The van der Waals surface area contributed by atoms with Crippen LogP contribution < -0.4 is 5.32 Å². The summed E-state index contributed by atoms with van der Waals surface area (Å²) in [6.07, 6.45) is 5.03. The second kappa shape index (κ2) is 5.87. The Labute approximate surface area is 127 Å². The molecule has 0 bridgehead atoms.